The number of hydrogen-bond acceptors (Lipinski definition) is 3. The van der Waals surface area contributed by atoms with Crippen LogP contribution in [0.15, 0.2) is 89.2 Å². The van der Waals surface area contributed by atoms with E-state index < -0.39 is 69.5 Å². The summed E-state index contributed by atoms with van der Waals surface area (Å²) < 4.78 is 165. The van der Waals surface area contributed by atoms with Crippen molar-refractivity contribution in [3.63, 3.8) is 0 Å². The molecular weight excluding hydrogens is 691 g/mol. The van der Waals surface area contributed by atoms with E-state index in [0.717, 1.165) is 10.9 Å². The third kappa shape index (κ3) is 6.14. The van der Waals surface area contributed by atoms with Crippen molar-refractivity contribution in [3.05, 3.63) is 118 Å². The predicted molar refractivity (Wildman–Crippen MR) is 159 cm³/mol. The van der Waals surface area contributed by atoms with Crippen LogP contribution < -0.4 is 5.32 Å². The SMILES string of the molecule is [B]N1CC(C#N)=CC(c2ccc(C(F)(F)F)cc2C(F)(F)F)=C1N=C1Nc2ccc(-c3ccc(C(F)(F)F)cc3C(F)(F)F)c3cccc1c23. The summed E-state index contributed by atoms with van der Waals surface area (Å²) in [5, 5.41) is 12.8. The van der Waals surface area contributed by atoms with Gasteiger partial charge in [0.1, 0.15) is 11.7 Å². The molecule has 50 heavy (non-hydrogen) atoms. The number of anilines is 1. The molecule has 0 aliphatic carbocycles. The first kappa shape index (κ1) is 34.5. The van der Waals surface area contributed by atoms with Gasteiger partial charge < -0.3 is 10.1 Å². The van der Waals surface area contributed by atoms with Crippen molar-refractivity contribution in [3.8, 4) is 17.2 Å². The van der Waals surface area contributed by atoms with Gasteiger partial charge in [0.2, 0.25) is 7.98 Å². The highest BCUT2D eigenvalue weighted by Crippen LogP contribution is 2.46. The number of aliphatic imine (C=N–C) groups is 1. The average molecular weight is 706 g/mol. The zero-order valence-electron chi connectivity index (χ0n) is 24.6. The molecule has 0 fully saturated rings. The third-order valence-corrected chi connectivity index (χ3v) is 7.97. The Morgan fingerprint density at radius 3 is 1.80 bits per heavy atom. The Labute approximate surface area is 275 Å². The largest absolute Gasteiger partial charge is 0.417 e. The van der Waals surface area contributed by atoms with Crippen LogP contribution in [-0.4, -0.2) is 25.2 Å². The van der Waals surface area contributed by atoms with Gasteiger partial charge in [0.15, 0.2) is 0 Å². The van der Waals surface area contributed by atoms with Gasteiger partial charge in [-0.1, -0.05) is 36.4 Å². The van der Waals surface area contributed by atoms with Gasteiger partial charge in [0.05, 0.1) is 28.3 Å². The zero-order valence-corrected chi connectivity index (χ0v) is 24.6. The average Bonchev–Trinajstić information content (AvgIpc) is 3.38. The van der Waals surface area contributed by atoms with Crippen molar-refractivity contribution in [2.45, 2.75) is 24.7 Å². The molecule has 2 radical (unpaired) electrons. The first-order chi connectivity index (χ1) is 23.2. The maximum atomic E-state index is 14.2. The molecule has 4 aromatic carbocycles. The number of hydrogen-bond donors (Lipinski definition) is 1. The van der Waals surface area contributed by atoms with E-state index in [2.05, 4.69) is 10.3 Å². The fourth-order valence-electron chi connectivity index (χ4n) is 5.80. The van der Waals surface area contributed by atoms with Gasteiger partial charge in [-0.3, -0.25) is 0 Å². The molecule has 0 amide bonds. The highest BCUT2D eigenvalue weighted by atomic mass is 19.4. The van der Waals surface area contributed by atoms with E-state index in [-0.39, 0.29) is 57.7 Å². The Hall–Kier alpha value is -5.40. The molecule has 4 aromatic rings. The summed E-state index contributed by atoms with van der Waals surface area (Å²) in [7, 11) is 6.11. The fourth-order valence-corrected chi connectivity index (χ4v) is 5.80. The van der Waals surface area contributed by atoms with Crippen molar-refractivity contribution >= 4 is 35.8 Å². The summed E-state index contributed by atoms with van der Waals surface area (Å²) >= 11 is 0. The van der Waals surface area contributed by atoms with Gasteiger partial charge in [-0.15, -0.1) is 0 Å². The first-order valence-electron chi connectivity index (χ1n) is 14.0. The second kappa shape index (κ2) is 11.6. The number of alkyl halides is 12. The van der Waals surface area contributed by atoms with E-state index in [1.54, 1.807) is 6.07 Å². The molecule has 0 spiro atoms. The number of amidine groups is 1. The number of halogens is 12. The highest BCUT2D eigenvalue weighted by molar-refractivity contribution is 6.28. The summed E-state index contributed by atoms with van der Waals surface area (Å²) in [5.74, 6) is -0.479. The normalized spacial score (nSPS) is 16.2. The summed E-state index contributed by atoms with van der Waals surface area (Å²) in [6, 6.07) is 10.8. The van der Waals surface area contributed by atoms with E-state index >= 15 is 0 Å². The summed E-state index contributed by atoms with van der Waals surface area (Å²) in [6.45, 7) is -0.358. The van der Waals surface area contributed by atoms with Crippen LogP contribution in [0.3, 0.4) is 0 Å². The highest BCUT2D eigenvalue weighted by Gasteiger charge is 2.41. The maximum Gasteiger partial charge on any atom is 0.417 e. The lowest BCUT2D eigenvalue weighted by molar-refractivity contribution is -0.144. The molecule has 0 saturated heterocycles. The predicted octanol–water partition coefficient (Wildman–Crippen LogP) is 9.97. The molecule has 4 nitrogen and oxygen atoms in total. The number of nitrogens with one attached hydrogen (secondary N) is 1. The third-order valence-electron chi connectivity index (χ3n) is 7.97. The molecule has 2 aliphatic rings. The monoisotopic (exact) mass is 706 g/mol. The van der Waals surface area contributed by atoms with Crippen LogP contribution in [-0.2, 0) is 24.7 Å². The minimum atomic E-state index is -5.29. The lowest BCUT2D eigenvalue weighted by Crippen LogP contribution is -2.27. The first-order valence-corrected chi connectivity index (χ1v) is 14.0. The Balaban J connectivity index is 1.56. The Bertz CT molecular complexity index is 2200. The molecule has 2 heterocycles. The van der Waals surface area contributed by atoms with Crippen LogP contribution in [0.5, 0.6) is 0 Å². The van der Waals surface area contributed by atoms with E-state index in [0.29, 0.717) is 24.3 Å². The van der Waals surface area contributed by atoms with Gasteiger partial charge in [-0.2, -0.15) is 57.9 Å². The van der Waals surface area contributed by atoms with Crippen molar-refractivity contribution in [2.24, 2.45) is 4.99 Å². The van der Waals surface area contributed by atoms with Crippen LogP contribution in [0, 0.1) is 11.3 Å². The van der Waals surface area contributed by atoms with E-state index in [1.807, 2.05) is 0 Å². The molecule has 0 saturated carbocycles. The quantitative estimate of drug-likeness (QED) is 0.171. The molecule has 0 aromatic heterocycles. The second-order valence-electron chi connectivity index (χ2n) is 11.1. The molecule has 6 rings (SSSR count). The summed E-state index contributed by atoms with van der Waals surface area (Å²) in [6.07, 6.45) is -19.6. The van der Waals surface area contributed by atoms with Crippen molar-refractivity contribution in [1.29, 1.82) is 5.26 Å². The summed E-state index contributed by atoms with van der Waals surface area (Å²) in [4.78, 5) is 5.22. The summed E-state index contributed by atoms with van der Waals surface area (Å²) in [5.41, 5.74) is -7.85. The number of nitriles is 1. The molecule has 254 valence electrons. The Morgan fingerprint density at radius 2 is 1.24 bits per heavy atom. The van der Waals surface area contributed by atoms with Gasteiger partial charge in [-0.05, 0) is 58.5 Å². The number of rotatable bonds is 3. The topological polar surface area (TPSA) is 51.4 Å². The smallest absolute Gasteiger partial charge is 0.405 e. The molecule has 0 atom stereocenters. The van der Waals surface area contributed by atoms with E-state index in [9.17, 15) is 57.9 Å². The zero-order chi connectivity index (χ0) is 36.6. The van der Waals surface area contributed by atoms with Gasteiger partial charge in [0, 0.05) is 34.3 Å². The van der Waals surface area contributed by atoms with Crippen molar-refractivity contribution in [1.82, 2.24) is 4.81 Å². The lowest BCUT2D eigenvalue weighted by atomic mass is 9.91. The number of benzene rings is 4. The van der Waals surface area contributed by atoms with Crippen LogP contribution in [0.4, 0.5) is 58.4 Å². The number of nitrogens with zero attached hydrogens (tertiary/aromatic N) is 3. The lowest BCUT2D eigenvalue weighted by Gasteiger charge is -2.28. The molecule has 17 heteroatoms. The molecule has 0 bridgehead atoms. The van der Waals surface area contributed by atoms with Gasteiger partial charge >= 0.3 is 24.7 Å². The Kier molecular flexibility index (Phi) is 8.00. The molecular formula is C33H15BF12N4. The Morgan fingerprint density at radius 1 is 0.680 bits per heavy atom. The van der Waals surface area contributed by atoms with Gasteiger partial charge in [-0.25, -0.2) is 4.99 Å². The fraction of sp³-hybridized carbons (Fsp3) is 0.152. The second-order valence-corrected chi connectivity index (χ2v) is 11.1. The van der Waals surface area contributed by atoms with Crippen LogP contribution in [0.25, 0.3) is 27.5 Å². The molecule has 2 aliphatic heterocycles. The molecule has 1 N–H and O–H groups in total. The minimum absolute atomic E-state index is 0.0100. The van der Waals surface area contributed by atoms with Crippen LogP contribution >= 0.6 is 0 Å². The minimum Gasteiger partial charge on any atom is -0.405 e. The number of allylic oxidation sites excluding steroid dienone is 2. The standard InChI is InChI=1S/C33H15BF12N4/c34-50-14-15(13-47)10-23(20-7-5-17(31(38,39)40)12-25(20)33(44,45)46)29(50)49-28-22-3-1-2-21-18(8-9-26(48-28)27(21)22)19-6-4-16(30(35,36)37)11-24(19)32(41,42)43/h1-12H,14H2,(H,48,49). The molecule has 0 unspecified atom stereocenters. The van der Waals surface area contributed by atoms with E-state index in [4.69, 9.17) is 7.98 Å². The van der Waals surface area contributed by atoms with Crippen molar-refractivity contribution < 1.29 is 52.7 Å². The van der Waals surface area contributed by atoms with Crippen LogP contribution in [0.2, 0.25) is 0 Å². The van der Waals surface area contributed by atoms with Gasteiger partial charge in [0.25, 0.3) is 0 Å². The maximum absolute atomic E-state index is 14.2. The van der Waals surface area contributed by atoms with Crippen molar-refractivity contribution in [2.75, 3.05) is 11.9 Å². The van der Waals surface area contributed by atoms with E-state index in [1.165, 1.54) is 30.3 Å². The van der Waals surface area contributed by atoms with Crippen LogP contribution in [0.1, 0.15) is 33.4 Å².